The van der Waals surface area contributed by atoms with E-state index in [1.807, 2.05) is 6.07 Å². The zero-order chi connectivity index (χ0) is 22.6. The maximum absolute atomic E-state index is 13.1. The molecule has 7 heteroatoms. The van der Waals surface area contributed by atoms with Crippen molar-refractivity contribution in [2.45, 2.75) is 23.8 Å². The van der Waals surface area contributed by atoms with Gasteiger partial charge in [-0.15, -0.1) is 0 Å². The first-order valence-corrected chi connectivity index (χ1v) is 11.9. The number of benzene rings is 3. The molecule has 0 spiro atoms. The Kier molecular flexibility index (Phi) is 6.48. The molecule has 1 atom stereocenters. The zero-order valence-corrected chi connectivity index (χ0v) is 18.2. The van der Waals surface area contributed by atoms with Gasteiger partial charge in [-0.25, -0.2) is 13.2 Å². The third-order valence-electron chi connectivity index (χ3n) is 5.42. The van der Waals surface area contributed by atoms with E-state index < -0.39 is 22.1 Å². The number of esters is 1. The number of nitrogens with zero attached hydrogens (tertiary/aromatic N) is 1. The second-order valence-corrected chi connectivity index (χ2v) is 9.50. The molecule has 0 saturated carbocycles. The van der Waals surface area contributed by atoms with Crippen LogP contribution in [0.1, 0.15) is 45.2 Å². The van der Waals surface area contributed by atoms with Crippen molar-refractivity contribution in [3.63, 3.8) is 0 Å². The van der Waals surface area contributed by atoms with Crippen LogP contribution in [0.15, 0.2) is 89.8 Å². The number of hydrogen-bond acceptors (Lipinski definition) is 5. The SMILES string of the molecule is O=C(O[C@H](C(=O)c1ccccc1)c1ccccc1)c1ccc(S(=O)(=O)N2CCCC2)cc1. The Morgan fingerprint density at radius 3 is 1.91 bits per heavy atom. The molecule has 0 N–H and O–H groups in total. The molecule has 0 aliphatic carbocycles. The van der Waals surface area contributed by atoms with Crippen LogP contribution in [0.3, 0.4) is 0 Å². The van der Waals surface area contributed by atoms with Gasteiger partial charge in [-0.2, -0.15) is 4.31 Å². The summed E-state index contributed by atoms with van der Waals surface area (Å²) >= 11 is 0. The molecule has 3 aromatic rings. The van der Waals surface area contributed by atoms with Crippen LogP contribution in [-0.4, -0.2) is 37.6 Å². The average molecular weight is 450 g/mol. The standard InChI is InChI=1S/C25H23NO5S/c27-23(19-9-3-1-4-10-19)24(20-11-5-2-6-12-20)31-25(28)21-13-15-22(16-14-21)32(29,30)26-17-7-8-18-26/h1-6,9-16,24H,7-8,17-18H2/t24-/m0/s1. The number of ether oxygens (including phenoxy) is 1. The Morgan fingerprint density at radius 2 is 1.31 bits per heavy atom. The fourth-order valence-electron chi connectivity index (χ4n) is 3.67. The average Bonchev–Trinajstić information content (AvgIpc) is 3.39. The molecule has 1 saturated heterocycles. The van der Waals surface area contributed by atoms with Gasteiger partial charge in [0.2, 0.25) is 15.8 Å². The number of Topliss-reactive ketones (excluding diaryl/α,β-unsaturated/α-hetero) is 1. The van der Waals surface area contributed by atoms with Gasteiger partial charge in [0.25, 0.3) is 0 Å². The third kappa shape index (κ3) is 4.64. The maximum atomic E-state index is 13.1. The van der Waals surface area contributed by atoms with Crippen LogP contribution in [0, 0.1) is 0 Å². The first kappa shape index (κ1) is 21.9. The predicted octanol–water partition coefficient (Wildman–Crippen LogP) is 4.25. The zero-order valence-electron chi connectivity index (χ0n) is 17.4. The molecule has 3 aromatic carbocycles. The van der Waals surface area contributed by atoms with Gasteiger partial charge in [0.15, 0.2) is 6.10 Å². The summed E-state index contributed by atoms with van der Waals surface area (Å²) in [4.78, 5) is 26.1. The van der Waals surface area contributed by atoms with E-state index in [2.05, 4.69) is 0 Å². The minimum atomic E-state index is -3.57. The van der Waals surface area contributed by atoms with Crippen LogP contribution in [0.25, 0.3) is 0 Å². The van der Waals surface area contributed by atoms with Crippen molar-refractivity contribution >= 4 is 21.8 Å². The number of ketones is 1. The third-order valence-corrected chi connectivity index (χ3v) is 7.33. The van der Waals surface area contributed by atoms with E-state index in [4.69, 9.17) is 4.74 Å². The highest BCUT2D eigenvalue weighted by atomic mass is 32.2. The summed E-state index contributed by atoms with van der Waals surface area (Å²) in [5, 5.41) is 0. The Hall–Kier alpha value is -3.29. The highest BCUT2D eigenvalue weighted by molar-refractivity contribution is 7.89. The van der Waals surface area contributed by atoms with Crippen LogP contribution < -0.4 is 0 Å². The molecule has 32 heavy (non-hydrogen) atoms. The molecule has 4 rings (SSSR count). The lowest BCUT2D eigenvalue weighted by Gasteiger charge is -2.18. The predicted molar refractivity (Wildman–Crippen MR) is 120 cm³/mol. The minimum absolute atomic E-state index is 0.135. The van der Waals surface area contributed by atoms with Gasteiger partial charge in [0.05, 0.1) is 10.5 Å². The van der Waals surface area contributed by atoms with E-state index in [0.717, 1.165) is 12.8 Å². The molecule has 0 bridgehead atoms. The smallest absolute Gasteiger partial charge is 0.339 e. The van der Waals surface area contributed by atoms with E-state index in [1.165, 1.54) is 28.6 Å². The van der Waals surface area contributed by atoms with Gasteiger partial charge < -0.3 is 4.74 Å². The lowest BCUT2D eigenvalue weighted by Crippen LogP contribution is -2.27. The van der Waals surface area contributed by atoms with Gasteiger partial charge in [-0.3, -0.25) is 4.79 Å². The van der Waals surface area contributed by atoms with E-state index in [1.54, 1.807) is 54.6 Å². The Labute approximate surface area is 187 Å². The highest BCUT2D eigenvalue weighted by Gasteiger charge is 2.29. The van der Waals surface area contributed by atoms with Crippen LogP contribution in [0.2, 0.25) is 0 Å². The first-order valence-electron chi connectivity index (χ1n) is 10.4. The molecule has 1 fully saturated rings. The van der Waals surface area contributed by atoms with Crippen LogP contribution in [0.4, 0.5) is 0 Å². The van der Waals surface area contributed by atoms with Gasteiger partial charge in [0, 0.05) is 24.2 Å². The van der Waals surface area contributed by atoms with E-state index >= 15 is 0 Å². The van der Waals surface area contributed by atoms with E-state index in [-0.39, 0.29) is 16.2 Å². The van der Waals surface area contributed by atoms with Crippen molar-refractivity contribution in [1.82, 2.24) is 4.31 Å². The molecule has 164 valence electrons. The Bertz CT molecular complexity index is 1190. The molecule has 0 radical (unpaired) electrons. The van der Waals surface area contributed by atoms with E-state index in [0.29, 0.717) is 24.2 Å². The molecule has 1 aliphatic heterocycles. The number of sulfonamides is 1. The summed E-state index contributed by atoms with van der Waals surface area (Å²) in [7, 11) is -3.57. The maximum Gasteiger partial charge on any atom is 0.339 e. The summed E-state index contributed by atoms with van der Waals surface area (Å²) in [6.07, 6.45) is 0.582. The van der Waals surface area contributed by atoms with Crippen molar-refractivity contribution in [2.24, 2.45) is 0 Å². The highest BCUT2D eigenvalue weighted by Crippen LogP contribution is 2.25. The normalized spacial score (nSPS) is 15.2. The molecule has 0 unspecified atom stereocenters. The van der Waals surface area contributed by atoms with Gasteiger partial charge in [-0.05, 0) is 37.1 Å². The van der Waals surface area contributed by atoms with Crippen LogP contribution in [-0.2, 0) is 14.8 Å². The summed E-state index contributed by atoms with van der Waals surface area (Å²) in [6.45, 7) is 1.01. The molecule has 1 aliphatic rings. The Morgan fingerprint density at radius 1 is 0.750 bits per heavy atom. The van der Waals surface area contributed by atoms with Crippen molar-refractivity contribution in [2.75, 3.05) is 13.1 Å². The fraction of sp³-hybridized carbons (Fsp3) is 0.200. The quantitative estimate of drug-likeness (QED) is 0.398. The molecular weight excluding hydrogens is 426 g/mol. The molecule has 0 amide bonds. The van der Waals surface area contributed by atoms with Crippen LogP contribution >= 0.6 is 0 Å². The number of rotatable bonds is 7. The van der Waals surface area contributed by atoms with Gasteiger partial charge in [0.1, 0.15) is 0 Å². The first-order chi connectivity index (χ1) is 15.5. The summed E-state index contributed by atoms with van der Waals surface area (Å²) < 4.78 is 32.4. The lowest BCUT2D eigenvalue weighted by atomic mass is 10.00. The van der Waals surface area contributed by atoms with Crippen molar-refractivity contribution < 1.29 is 22.7 Å². The van der Waals surface area contributed by atoms with Crippen molar-refractivity contribution in [3.05, 3.63) is 102 Å². The summed E-state index contributed by atoms with van der Waals surface area (Å²) in [5.74, 6) is -1.04. The topological polar surface area (TPSA) is 80.8 Å². The number of carbonyl (C=O) groups excluding carboxylic acids is 2. The van der Waals surface area contributed by atoms with E-state index in [9.17, 15) is 18.0 Å². The molecular formula is C25H23NO5S. The Balaban J connectivity index is 1.56. The fourth-order valence-corrected chi connectivity index (χ4v) is 5.19. The van der Waals surface area contributed by atoms with Crippen LogP contribution in [0.5, 0.6) is 0 Å². The number of hydrogen-bond donors (Lipinski definition) is 0. The number of carbonyl (C=O) groups is 2. The second-order valence-electron chi connectivity index (χ2n) is 7.56. The minimum Gasteiger partial charge on any atom is -0.445 e. The van der Waals surface area contributed by atoms with Crippen molar-refractivity contribution in [3.8, 4) is 0 Å². The molecule has 6 nitrogen and oxygen atoms in total. The molecule has 1 heterocycles. The second kappa shape index (κ2) is 9.46. The largest absolute Gasteiger partial charge is 0.445 e. The molecule has 0 aromatic heterocycles. The monoisotopic (exact) mass is 449 g/mol. The van der Waals surface area contributed by atoms with Crippen molar-refractivity contribution in [1.29, 1.82) is 0 Å². The lowest BCUT2D eigenvalue weighted by molar-refractivity contribution is 0.0280. The van der Waals surface area contributed by atoms with Gasteiger partial charge in [-0.1, -0.05) is 60.7 Å². The van der Waals surface area contributed by atoms with Gasteiger partial charge >= 0.3 is 5.97 Å². The summed E-state index contributed by atoms with van der Waals surface area (Å²) in [6, 6.07) is 23.1. The summed E-state index contributed by atoms with van der Waals surface area (Å²) in [5.41, 5.74) is 1.16.